The van der Waals surface area contributed by atoms with Crippen molar-refractivity contribution in [3.8, 4) is 5.69 Å². The fourth-order valence-electron chi connectivity index (χ4n) is 4.51. The number of benzene rings is 2. The van der Waals surface area contributed by atoms with Crippen molar-refractivity contribution in [3.05, 3.63) is 82.2 Å². The molecule has 0 unspecified atom stereocenters. The number of carbonyl (C=O) groups is 1. The highest BCUT2D eigenvalue weighted by Crippen LogP contribution is 2.21. The molecule has 0 N–H and O–H groups in total. The summed E-state index contributed by atoms with van der Waals surface area (Å²) in [6.45, 7) is 5.92. The van der Waals surface area contributed by atoms with Crippen molar-refractivity contribution in [3.63, 3.8) is 0 Å². The van der Waals surface area contributed by atoms with Crippen LogP contribution in [0, 0.1) is 19.7 Å². The molecule has 1 saturated heterocycles. The maximum Gasteiger partial charge on any atom is 0.295 e. The number of nitrogens with zero attached hydrogens (tertiary/aromatic N) is 6. The number of fused-ring (bicyclic) bond motifs is 1. The van der Waals surface area contributed by atoms with Crippen LogP contribution in [0.3, 0.4) is 0 Å². The lowest BCUT2D eigenvalue weighted by atomic mass is 10.2. The van der Waals surface area contributed by atoms with Gasteiger partial charge in [-0.2, -0.15) is 10.2 Å². The molecule has 0 bridgehead atoms. The Bertz CT molecular complexity index is 1400. The topological polar surface area (TPSA) is 76.3 Å². The van der Waals surface area contributed by atoms with Crippen molar-refractivity contribution >= 4 is 22.5 Å². The van der Waals surface area contributed by atoms with Crippen LogP contribution in [0.2, 0.25) is 0 Å². The molecule has 1 aliphatic rings. The van der Waals surface area contributed by atoms with E-state index in [1.54, 1.807) is 21.7 Å². The molecule has 174 valence electrons. The van der Waals surface area contributed by atoms with E-state index < -0.39 is 0 Å². The predicted molar refractivity (Wildman–Crippen MR) is 128 cm³/mol. The Morgan fingerprint density at radius 3 is 2.26 bits per heavy atom. The number of rotatable bonds is 4. The van der Waals surface area contributed by atoms with Crippen molar-refractivity contribution in [1.82, 2.24) is 24.5 Å². The van der Waals surface area contributed by atoms with Gasteiger partial charge in [-0.3, -0.25) is 9.59 Å². The predicted octanol–water partition coefficient (Wildman–Crippen LogP) is 2.69. The molecule has 0 aliphatic carbocycles. The van der Waals surface area contributed by atoms with Crippen LogP contribution in [0.5, 0.6) is 0 Å². The standard InChI is InChI=1S/C25H25FN6O2/c1-17-23-18(2)32(21-6-4-3-5-7-21)28-24(23)25(34)31(27-17)16-22(33)30-14-12-29(13-15-30)20-10-8-19(26)9-11-20/h3-11H,12-16H2,1-2H3. The van der Waals surface area contributed by atoms with E-state index in [1.807, 2.05) is 44.2 Å². The van der Waals surface area contributed by atoms with Crippen LogP contribution in [0.25, 0.3) is 16.6 Å². The molecule has 2 aromatic carbocycles. The lowest BCUT2D eigenvalue weighted by molar-refractivity contribution is -0.132. The van der Waals surface area contributed by atoms with Crippen LogP contribution in [-0.2, 0) is 11.3 Å². The molecular weight excluding hydrogens is 435 g/mol. The summed E-state index contributed by atoms with van der Waals surface area (Å²) in [5.41, 5.74) is 3.20. The smallest absolute Gasteiger partial charge is 0.295 e. The first kappa shape index (κ1) is 21.8. The number of halogens is 1. The number of para-hydroxylation sites is 1. The number of anilines is 1. The van der Waals surface area contributed by atoms with Crippen LogP contribution in [-0.4, -0.2) is 56.5 Å². The highest BCUT2D eigenvalue weighted by atomic mass is 19.1. The Balaban J connectivity index is 1.35. The molecule has 0 spiro atoms. The van der Waals surface area contributed by atoms with Gasteiger partial charge in [0.15, 0.2) is 5.52 Å². The molecule has 34 heavy (non-hydrogen) atoms. The fraction of sp³-hybridized carbons (Fsp3) is 0.280. The van der Waals surface area contributed by atoms with Crippen LogP contribution in [0.4, 0.5) is 10.1 Å². The first-order valence-electron chi connectivity index (χ1n) is 11.2. The van der Waals surface area contributed by atoms with Gasteiger partial charge in [-0.1, -0.05) is 18.2 Å². The largest absolute Gasteiger partial charge is 0.368 e. The summed E-state index contributed by atoms with van der Waals surface area (Å²) in [7, 11) is 0. The Hall–Kier alpha value is -4.01. The van der Waals surface area contributed by atoms with Gasteiger partial charge in [0.2, 0.25) is 5.91 Å². The van der Waals surface area contributed by atoms with E-state index in [1.165, 1.54) is 16.8 Å². The third-order valence-electron chi connectivity index (χ3n) is 6.30. The van der Waals surface area contributed by atoms with Gasteiger partial charge < -0.3 is 9.80 Å². The summed E-state index contributed by atoms with van der Waals surface area (Å²) in [6.07, 6.45) is 0. The summed E-state index contributed by atoms with van der Waals surface area (Å²) in [5, 5.41) is 9.70. The molecule has 5 rings (SSSR count). The minimum Gasteiger partial charge on any atom is -0.368 e. The molecule has 0 atom stereocenters. The Morgan fingerprint density at radius 2 is 1.59 bits per heavy atom. The van der Waals surface area contributed by atoms with E-state index in [0.717, 1.165) is 17.1 Å². The second kappa shape index (κ2) is 8.74. The van der Waals surface area contributed by atoms with E-state index in [2.05, 4.69) is 15.1 Å². The van der Waals surface area contributed by atoms with E-state index in [-0.39, 0.29) is 23.8 Å². The molecule has 8 nitrogen and oxygen atoms in total. The molecule has 1 aliphatic heterocycles. The van der Waals surface area contributed by atoms with Crippen molar-refractivity contribution in [1.29, 1.82) is 0 Å². The number of carbonyl (C=O) groups excluding carboxylic acids is 1. The van der Waals surface area contributed by atoms with Crippen LogP contribution >= 0.6 is 0 Å². The second-order valence-electron chi connectivity index (χ2n) is 8.45. The zero-order valence-electron chi connectivity index (χ0n) is 19.1. The van der Waals surface area contributed by atoms with E-state index >= 15 is 0 Å². The summed E-state index contributed by atoms with van der Waals surface area (Å²) >= 11 is 0. The van der Waals surface area contributed by atoms with Gasteiger partial charge in [-0.15, -0.1) is 0 Å². The van der Waals surface area contributed by atoms with E-state index in [9.17, 15) is 14.0 Å². The van der Waals surface area contributed by atoms with Crippen LogP contribution in [0.1, 0.15) is 11.4 Å². The lowest BCUT2D eigenvalue weighted by Gasteiger charge is -2.36. The molecule has 1 amide bonds. The van der Waals surface area contributed by atoms with Gasteiger partial charge in [0.05, 0.1) is 22.5 Å². The Kier molecular flexibility index (Phi) is 5.61. The highest BCUT2D eigenvalue weighted by Gasteiger charge is 2.24. The molecule has 0 radical (unpaired) electrons. The van der Waals surface area contributed by atoms with Crippen molar-refractivity contribution in [2.24, 2.45) is 0 Å². The van der Waals surface area contributed by atoms with Gasteiger partial charge in [-0.25, -0.2) is 13.8 Å². The molecule has 3 heterocycles. The minimum absolute atomic E-state index is 0.136. The SMILES string of the molecule is Cc1nn(CC(=O)N2CCN(c3ccc(F)cc3)CC2)c(=O)c2nn(-c3ccccc3)c(C)c12. The van der Waals surface area contributed by atoms with E-state index in [0.29, 0.717) is 42.8 Å². The third kappa shape index (κ3) is 3.93. The van der Waals surface area contributed by atoms with E-state index in [4.69, 9.17) is 0 Å². The van der Waals surface area contributed by atoms with Crippen LogP contribution in [0.15, 0.2) is 59.4 Å². The van der Waals surface area contributed by atoms with Crippen molar-refractivity contribution in [2.45, 2.75) is 20.4 Å². The number of hydrogen-bond donors (Lipinski definition) is 0. The normalized spacial score (nSPS) is 14.1. The average molecular weight is 461 g/mol. The molecule has 4 aromatic rings. The summed E-state index contributed by atoms with van der Waals surface area (Å²) in [5.74, 6) is -0.433. The molecule has 1 fully saturated rings. The second-order valence-corrected chi connectivity index (χ2v) is 8.45. The van der Waals surface area contributed by atoms with Crippen molar-refractivity contribution < 1.29 is 9.18 Å². The zero-order valence-corrected chi connectivity index (χ0v) is 19.1. The van der Waals surface area contributed by atoms with Gasteiger partial charge in [0.1, 0.15) is 12.4 Å². The number of piperazine rings is 1. The Labute approximate surface area is 195 Å². The average Bonchev–Trinajstić information content (AvgIpc) is 3.21. The highest BCUT2D eigenvalue weighted by molar-refractivity contribution is 5.84. The number of aryl methyl sites for hydroxylation is 2. The van der Waals surface area contributed by atoms with Gasteiger partial charge in [0.25, 0.3) is 5.56 Å². The third-order valence-corrected chi connectivity index (χ3v) is 6.30. The molecule has 0 saturated carbocycles. The summed E-state index contributed by atoms with van der Waals surface area (Å²) < 4.78 is 16.1. The fourth-order valence-corrected chi connectivity index (χ4v) is 4.51. The summed E-state index contributed by atoms with van der Waals surface area (Å²) in [4.78, 5) is 30.0. The van der Waals surface area contributed by atoms with Crippen molar-refractivity contribution in [2.75, 3.05) is 31.1 Å². The number of hydrogen-bond acceptors (Lipinski definition) is 5. The lowest BCUT2D eigenvalue weighted by Crippen LogP contribution is -2.50. The van der Waals surface area contributed by atoms with Crippen LogP contribution < -0.4 is 10.5 Å². The summed E-state index contributed by atoms with van der Waals surface area (Å²) in [6, 6.07) is 16.0. The zero-order chi connectivity index (χ0) is 23.8. The molecule has 9 heteroatoms. The maximum absolute atomic E-state index is 13.2. The maximum atomic E-state index is 13.2. The van der Waals surface area contributed by atoms with Gasteiger partial charge in [0, 0.05) is 31.9 Å². The first-order valence-corrected chi connectivity index (χ1v) is 11.2. The molecule has 2 aromatic heterocycles. The Morgan fingerprint density at radius 1 is 0.912 bits per heavy atom. The van der Waals surface area contributed by atoms with Gasteiger partial charge in [-0.05, 0) is 50.2 Å². The number of aromatic nitrogens is 4. The monoisotopic (exact) mass is 460 g/mol. The minimum atomic E-state index is -0.378. The molecular formula is C25H25FN6O2. The number of amides is 1. The first-order chi connectivity index (χ1) is 16.4. The van der Waals surface area contributed by atoms with Gasteiger partial charge >= 0.3 is 0 Å². The quantitative estimate of drug-likeness (QED) is 0.468.